The van der Waals surface area contributed by atoms with Crippen molar-refractivity contribution in [3.63, 3.8) is 0 Å². The van der Waals surface area contributed by atoms with Crippen LogP contribution in [0.4, 0.5) is 5.82 Å². The molecular formula is C29H26ClN5O3. The van der Waals surface area contributed by atoms with Crippen molar-refractivity contribution in [1.29, 1.82) is 0 Å². The number of Topliss-reactive ketones (excluding diaryl/α,β-unsaturated/α-hetero) is 1. The molecule has 0 bridgehead atoms. The normalized spacial score (nSPS) is 25.5. The zero-order valence-corrected chi connectivity index (χ0v) is 21.6. The number of aryl methyl sites for hydroxylation is 1. The van der Waals surface area contributed by atoms with Crippen molar-refractivity contribution >= 4 is 34.4 Å². The maximum Gasteiger partial charge on any atom is 0.209 e. The van der Waals surface area contributed by atoms with Crippen LogP contribution in [0.15, 0.2) is 54.9 Å². The van der Waals surface area contributed by atoms with Crippen LogP contribution in [0.5, 0.6) is 0 Å². The molecule has 2 saturated carbocycles. The van der Waals surface area contributed by atoms with Crippen LogP contribution >= 0.6 is 11.6 Å². The monoisotopic (exact) mass is 527 g/mol. The summed E-state index contributed by atoms with van der Waals surface area (Å²) < 4.78 is 1.76. The average Bonchev–Trinajstić information content (AvgIpc) is 3.45. The number of aliphatic hydroxyl groups is 2. The van der Waals surface area contributed by atoms with Crippen molar-refractivity contribution in [1.82, 2.24) is 19.5 Å². The molecule has 4 aromatic rings. The molecule has 2 unspecified atom stereocenters. The number of carbonyl (C=O) groups excluding carboxylic acids is 1. The molecule has 2 aliphatic carbocycles. The molecule has 0 saturated heterocycles. The van der Waals surface area contributed by atoms with Gasteiger partial charge in [-0.2, -0.15) is 0 Å². The van der Waals surface area contributed by atoms with Gasteiger partial charge >= 0.3 is 0 Å². The van der Waals surface area contributed by atoms with Crippen molar-refractivity contribution in [2.45, 2.75) is 45.1 Å². The van der Waals surface area contributed by atoms with Crippen molar-refractivity contribution in [3.05, 3.63) is 82.4 Å². The van der Waals surface area contributed by atoms with E-state index >= 15 is 0 Å². The van der Waals surface area contributed by atoms with Gasteiger partial charge in [-0.05, 0) is 61.9 Å². The van der Waals surface area contributed by atoms with E-state index in [1.807, 2.05) is 55.5 Å². The lowest BCUT2D eigenvalue weighted by Crippen LogP contribution is -2.36. The predicted molar refractivity (Wildman–Crippen MR) is 144 cm³/mol. The van der Waals surface area contributed by atoms with Crippen LogP contribution in [0.2, 0.25) is 5.02 Å². The maximum atomic E-state index is 12.4. The summed E-state index contributed by atoms with van der Waals surface area (Å²) in [6, 6.07) is 14.8. The summed E-state index contributed by atoms with van der Waals surface area (Å²) in [6.45, 7) is 3.94. The first-order valence-electron chi connectivity index (χ1n) is 12.5. The molecule has 0 amide bonds. The molecule has 2 aliphatic rings. The van der Waals surface area contributed by atoms with E-state index in [4.69, 9.17) is 16.6 Å². The number of rotatable bonds is 5. The number of hydrogen-bond donors (Lipinski definition) is 3. The van der Waals surface area contributed by atoms with Crippen molar-refractivity contribution in [3.8, 4) is 11.8 Å². The molecule has 38 heavy (non-hydrogen) atoms. The number of benzene rings is 2. The summed E-state index contributed by atoms with van der Waals surface area (Å²) in [6.07, 6.45) is -0.128. The van der Waals surface area contributed by atoms with Gasteiger partial charge < -0.3 is 20.1 Å². The van der Waals surface area contributed by atoms with Crippen LogP contribution < -0.4 is 5.32 Å². The van der Waals surface area contributed by atoms with Crippen LogP contribution in [0, 0.1) is 30.1 Å². The fourth-order valence-electron chi connectivity index (χ4n) is 5.68. The zero-order chi connectivity index (χ0) is 26.6. The standard InChI is InChI=1S/C29H26ClN5O3/c1-16-6-8-18(9-7-16)10-11-22-33-27(31-14-19-4-3-5-20(30)12-19)23-28(34-22)35(15-32-23)24-21-13-29(21,17(2)36)26(38)25(24)37/h3-9,12,15,21,24-26,37-38H,13-14H2,1-2H3,(H,31,33,34)/t21?,24-,25+,26?,29+/m1/s1. The first-order chi connectivity index (χ1) is 18.3. The fourth-order valence-corrected chi connectivity index (χ4v) is 5.90. The van der Waals surface area contributed by atoms with Gasteiger partial charge in [0.05, 0.1) is 23.9 Å². The molecule has 6 rings (SSSR count). The highest BCUT2D eigenvalue weighted by atomic mass is 35.5. The van der Waals surface area contributed by atoms with Gasteiger partial charge in [-0.1, -0.05) is 47.4 Å². The SMILES string of the molecule is CC(=O)[C@@]12CC1[C@@H](n1cnc3c(NCc4cccc(Cl)c4)nc(C#Cc4ccc(C)cc4)nc31)[C@H](O)C2O. The molecule has 2 aromatic carbocycles. The molecule has 8 nitrogen and oxygen atoms in total. The Bertz CT molecular complexity index is 1620. The minimum atomic E-state index is -1.13. The lowest BCUT2D eigenvalue weighted by atomic mass is 9.95. The lowest BCUT2D eigenvalue weighted by molar-refractivity contribution is -0.128. The van der Waals surface area contributed by atoms with Gasteiger partial charge in [-0.15, -0.1) is 0 Å². The first-order valence-corrected chi connectivity index (χ1v) is 12.8. The van der Waals surface area contributed by atoms with Gasteiger partial charge in [-0.3, -0.25) is 4.79 Å². The number of hydrogen-bond acceptors (Lipinski definition) is 7. The summed E-state index contributed by atoms with van der Waals surface area (Å²) in [5.74, 6) is 6.64. The number of carbonyl (C=O) groups is 1. The smallest absolute Gasteiger partial charge is 0.209 e. The molecule has 0 spiro atoms. The quantitative estimate of drug-likeness (QED) is 0.339. The molecule has 3 N–H and O–H groups in total. The summed E-state index contributed by atoms with van der Waals surface area (Å²) in [5.41, 5.74) is 3.02. The zero-order valence-electron chi connectivity index (χ0n) is 20.9. The summed E-state index contributed by atoms with van der Waals surface area (Å²) in [7, 11) is 0. The Morgan fingerprint density at radius 1 is 1.18 bits per heavy atom. The van der Waals surface area contributed by atoms with Gasteiger partial charge in [0.1, 0.15) is 11.9 Å². The van der Waals surface area contributed by atoms with Crippen molar-refractivity contribution in [2.75, 3.05) is 5.32 Å². The third-order valence-electron chi connectivity index (χ3n) is 7.79. The first kappa shape index (κ1) is 24.6. The number of fused-ring (bicyclic) bond motifs is 2. The number of halogens is 1. The predicted octanol–water partition coefficient (Wildman–Crippen LogP) is 3.67. The second-order valence-corrected chi connectivity index (χ2v) is 10.6. The molecule has 0 radical (unpaired) electrons. The highest BCUT2D eigenvalue weighted by molar-refractivity contribution is 6.30. The second-order valence-electron chi connectivity index (χ2n) is 10.2. The van der Waals surface area contributed by atoms with Gasteiger partial charge in [0.25, 0.3) is 0 Å². The Morgan fingerprint density at radius 2 is 1.97 bits per heavy atom. The second kappa shape index (κ2) is 9.21. The highest BCUT2D eigenvalue weighted by Crippen LogP contribution is 2.68. The third kappa shape index (κ3) is 4.04. The topological polar surface area (TPSA) is 113 Å². The van der Waals surface area contributed by atoms with E-state index < -0.39 is 23.7 Å². The molecule has 5 atom stereocenters. The third-order valence-corrected chi connectivity index (χ3v) is 8.03. The van der Waals surface area contributed by atoms with E-state index in [0.717, 1.165) is 16.7 Å². The van der Waals surface area contributed by atoms with Gasteiger partial charge in [-0.25, -0.2) is 15.0 Å². The Kier molecular flexibility index (Phi) is 5.95. The number of ketones is 1. The van der Waals surface area contributed by atoms with Gasteiger partial charge in [0.15, 0.2) is 17.0 Å². The summed E-state index contributed by atoms with van der Waals surface area (Å²) in [4.78, 5) is 26.3. The Balaban J connectivity index is 1.42. The summed E-state index contributed by atoms with van der Waals surface area (Å²) in [5, 5.41) is 25.7. The molecule has 2 fully saturated rings. The fraction of sp³-hybridized carbons (Fsp3) is 0.310. The lowest BCUT2D eigenvalue weighted by Gasteiger charge is -2.23. The molecule has 0 aliphatic heterocycles. The van der Waals surface area contributed by atoms with Gasteiger partial charge in [0.2, 0.25) is 5.82 Å². The van der Waals surface area contributed by atoms with E-state index in [9.17, 15) is 15.0 Å². The Morgan fingerprint density at radius 3 is 2.68 bits per heavy atom. The van der Waals surface area contributed by atoms with E-state index in [1.54, 1.807) is 10.9 Å². The van der Waals surface area contributed by atoms with Crippen molar-refractivity contribution < 1.29 is 15.0 Å². The van der Waals surface area contributed by atoms with Crippen LogP contribution in [-0.2, 0) is 11.3 Å². The van der Waals surface area contributed by atoms with Gasteiger partial charge in [0, 0.05) is 17.1 Å². The number of aromatic nitrogens is 4. The molecule has 2 heterocycles. The maximum absolute atomic E-state index is 12.4. The minimum absolute atomic E-state index is 0.107. The molecular weight excluding hydrogens is 502 g/mol. The average molecular weight is 528 g/mol. The number of nitrogens with one attached hydrogen (secondary N) is 1. The number of aliphatic hydroxyl groups excluding tert-OH is 2. The summed E-state index contributed by atoms with van der Waals surface area (Å²) >= 11 is 6.15. The highest BCUT2D eigenvalue weighted by Gasteiger charge is 2.74. The van der Waals surface area contributed by atoms with E-state index in [2.05, 4.69) is 27.1 Å². The van der Waals surface area contributed by atoms with E-state index in [0.29, 0.717) is 35.0 Å². The van der Waals surface area contributed by atoms with Crippen LogP contribution in [0.1, 0.15) is 41.9 Å². The number of anilines is 1. The molecule has 9 heteroatoms. The molecule has 192 valence electrons. The van der Waals surface area contributed by atoms with Crippen LogP contribution in [0.25, 0.3) is 11.2 Å². The Labute approximate surface area is 224 Å². The van der Waals surface area contributed by atoms with E-state index in [1.165, 1.54) is 6.92 Å². The van der Waals surface area contributed by atoms with E-state index in [-0.39, 0.29) is 17.5 Å². The number of imidazole rings is 1. The molecule has 2 aromatic heterocycles. The van der Waals surface area contributed by atoms with Crippen LogP contribution in [-0.4, -0.2) is 47.7 Å². The largest absolute Gasteiger partial charge is 0.389 e. The van der Waals surface area contributed by atoms with Crippen LogP contribution in [0.3, 0.4) is 0 Å². The Hall–Kier alpha value is -3.77. The van der Waals surface area contributed by atoms with Crippen molar-refractivity contribution in [2.24, 2.45) is 11.3 Å². The minimum Gasteiger partial charge on any atom is -0.389 e. The number of nitrogens with zero attached hydrogens (tertiary/aromatic N) is 4.